The molecule has 2 aromatic carbocycles. The molecule has 0 unspecified atom stereocenters. The van der Waals surface area contributed by atoms with Crippen LogP contribution in [0.15, 0.2) is 48.5 Å². The number of nitrogens with one attached hydrogen (secondary N) is 1. The number of rotatable bonds is 6. The predicted octanol–water partition coefficient (Wildman–Crippen LogP) is 2.80. The number of hydrogen-bond donors (Lipinski definition) is 2. The van der Waals surface area contributed by atoms with E-state index < -0.39 is 22.5 Å². The molecule has 3 rings (SSSR count). The van der Waals surface area contributed by atoms with E-state index in [1.54, 1.807) is 0 Å². The molecule has 1 aliphatic rings. The first-order chi connectivity index (χ1) is 13.0. The van der Waals surface area contributed by atoms with Gasteiger partial charge in [-0.3, -0.25) is 14.9 Å². The van der Waals surface area contributed by atoms with E-state index >= 15 is 0 Å². The molecular formula is C19H18N2O6. The zero-order chi connectivity index (χ0) is 19.4. The Kier molecular flexibility index (Phi) is 5.46. The normalized spacial score (nSPS) is 18.8. The molecule has 0 aromatic heterocycles. The number of carboxylic acids is 1. The van der Waals surface area contributed by atoms with Crippen LogP contribution in [0.25, 0.3) is 0 Å². The van der Waals surface area contributed by atoms with Gasteiger partial charge in [0.2, 0.25) is 0 Å². The van der Waals surface area contributed by atoms with Gasteiger partial charge >= 0.3 is 5.97 Å². The molecule has 0 radical (unpaired) electrons. The highest BCUT2D eigenvalue weighted by molar-refractivity contribution is 5.98. The maximum absolute atomic E-state index is 12.4. The number of aromatic carboxylic acids is 1. The second-order valence-electron chi connectivity index (χ2n) is 6.29. The molecule has 8 nitrogen and oxygen atoms in total. The van der Waals surface area contributed by atoms with Gasteiger partial charge in [-0.25, -0.2) is 4.79 Å². The van der Waals surface area contributed by atoms with Crippen LogP contribution >= 0.6 is 0 Å². The number of hydrogen-bond acceptors (Lipinski definition) is 5. The average molecular weight is 370 g/mol. The van der Waals surface area contributed by atoms with Crippen LogP contribution in [0.5, 0.6) is 0 Å². The van der Waals surface area contributed by atoms with Gasteiger partial charge in [-0.15, -0.1) is 0 Å². The lowest BCUT2D eigenvalue weighted by Crippen LogP contribution is -2.30. The van der Waals surface area contributed by atoms with E-state index in [9.17, 15) is 19.7 Å². The van der Waals surface area contributed by atoms with Crippen LogP contribution in [0.2, 0.25) is 0 Å². The quantitative estimate of drug-likeness (QED) is 0.596. The van der Waals surface area contributed by atoms with E-state index in [0.717, 1.165) is 30.2 Å². The van der Waals surface area contributed by atoms with Gasteiger partial charge in [-0.1, -0.05) is 30.3 Å². The Hall–Kier alpha value is -3.26. The summed E-state index contributed by atoms with van der Waals surface area (Å²) in [5.74, 6) is -1.82. The lowest BCUT2D eigenvalue weighted by atomic mass is 9.95. The summed E-state index contributed by atoms with van der Waals surface area (Å²) in [5, 5.41) is 22.8. The first-order valence-corrected chi connectivity index (χ1v) is 8.43. The number of nitro benzene ring substituents is 1. The third-order valence-electron chi connectivity index (χ3n) is 4.50. The molecule has 0 spiro atoms. The predicted molar refractivity (Wildman–Crippen MR) is 95.6 cm³/mol. The van der Waals surface area contributed by atoms with Crippen molar-refractivity contribution in [3.8, 4) is 0 Å². The van der Waals surface area contributed by atoms with Gasteiger partial charge in [0.25, 0.3) is 11.6 Å². The minimum absolute atomic E-state index is 0.0585. The van der Waals surface area contributed by atoms with Crippen molar-refractivity contribution < 1.29 is 24.4 Å². The molecule has 0 aliphatic carbocycles. The summed E-state index contributed by atoms with van der Waals surface area (Å²) in [7, 11) is 0. The summed E-state index contributed by atoms with van der Waals surface area (Å²) in [4.78, 5) is 33.8. The summed E-state index contributed by atoms with van der Waals surface area (Å²) < 4.78 is 5.77. The van der Waals surface area contributed by atoms with Gasteiger partial charge in [-0.2, -0.15) is 0 Å². The van der Waals surface area contributed by atoms with E-state index in [1.165, 1.54) is 0 Å². The molecule has 0 saturated carbocycles. The second kappa shape index (κ2) is 7.96. The first-order valence-electron chi connectivity index (χ1n) is 8.43. The highest BCUT2D eigenvalue weighted by atomic mass is 16.6. The zero-order valence-electron chi connectivity index (χ0n) is 14.3. The maximum Gasteiger partial charge on any atom is 0.335 e. The molecule has 1 fully saturated rings. The van der Waals surface area contributed by atoms with E-state index in [4.69, 9.17) is 9.84 Å². The van der Waals surface area contributed by atoms with Crippen LogP contribution in [0.3, 0.4) is 0 Å². The number of non-ortho nitro benzene ring substituents is 1. The van der Waals surface area contributed by atoms with E-state index in [0.29, 0.717) is 13.2 Å². The number of carbonyl (C=O) groups excluding carboxylic acids is 1. The number of carboxylic acid groups (broad SMARTS) is 1. The monoisotopic (exact) mass is 370 g/mol. The summed E-state index contributed by atoms with van der Waals surface area (Å²) in [6.45, 7) is 0.906. The van der Waals surface area contributed by atoms with Crippen LogP contribution in [-0.2, 0) is 4.74 Å². The molecule has 1 heterocycles. The average Bonchev–Trinajstić information content (AvgIpc) is 3.15. The van der Waals surface area contributed by atoms with E-state index in [-0.39, 0.29) is 23.1 Å². The van der Waals surface area contributed by atoms with Gasteiger partial charge in [0.15, 0.2) is 0 Å². The Balaban J connectivity index is 1.72. The highest BCUT2D eigenvalue weighted by Crippen LogP contribution is 2.34. The minimum atomic E-state index is -1.33. The molecule has 8 heteroatoms. The number of nitrogens with zero attached hydrogens (tertiary/aromatic N) is 1. The fourth-order valence-electron chi connectivity index (χ4n) is 3.15. The number of amides is 1. The van der Waals surface area contributed by atoms with Crippen molar-refractivity contribution in [2.45, 2.75) is 12.5 Å². The van der Waals surface area contributed by atoms with Crippen molar-refractivity contribution in [3.63, 3.8) is 0 Å². The Bertz CT molecular complexity index is 836. The molecule has 2 atom stereocenters. The Morgan fingerprint density at radius 3 is 2.56 bits per heavy atom. The number of ether oxygens (including phenoxy) is 1. The molecule has 1 aliphatic heterocycles. The Morgan fingerprint density at radius 2 is 1.89 bits per heavy atom. The molecule has 140 valence electrons. The Labute approximate surface area is 154 Å². The van der Waals surface area contributed by atoms with Crippen molar-refractivity contribution in [3.05, 3.63) is 75.3 Å². The largest absolute Gasteiger partial charge is 0.478 e. The maximum atomic E-state index is 12.4. The fraction of sp³-hybridized carbons (Fsp3) is 0.263. The number of nitro groups is 1. The van der Waals surface area contributed by atoms with Gasteiger partial charge in [0, 0.05) is 36.8 Å². The second-order valence-corrected chi connectivity index (χ2v) is 6.29. The van der Waals surface area contributed by atoms with Crippen LogP contribution in [-0.4, -0.2) is 35.1 Å². The van der Waals surface area contributed by atoms with Crippen molar-refractivity contribution >= 4 is 17.6 Å². The van der Waals surface area contributed by atoms with Gasteiger partial charge < -0.3 is 15.2 Å². The number of carbonyl (C=O) groups is 2. The zero-order valence-corrected chi connectivity index (χ0v) is 14.3. The summed E-state index contributed by atoms with van der Waals surface area (Å²) >= 11 is 0. The molecule has 1 saturated heterocycles. The first kappa shape index (κ1) is 18.5. The van der Waals surface area contributed by atoms with Gasteiger partial charge in [-0.05, 0) is 18.1 Å². The molecular weight excluding hydrogens is 352 g/mol. The molecule has 27 heavy (non-hydrogen) atoms. The lowest BCUT2D eigenvalue weighted by Gasteiger charge is -2.19. The van der Waals surface area contributed by atoms with Crippen LogP contribution in [0.4, 0.5) is 5.69 Å². The SMILES string of the molecule is O=C(O)c1cc(C(=O)NC[C@@H]2CCO[C@H]2c2ccccc2)cc([N+](=O)[O-])c1. The highest BCUT2D eigenvalue weighted by Gasteiger charge is 2.30. The summed E-state index contributed by atoms with van der Waals surface area (Å²) in [6, 6.07) is 12.8. The number of benzene rings is 2. The smallest absolute Gasteiger partial charge is 0.335 e. The topological polar surface area (TPSA) is 119 Å². The van der Waals surface area contributed by atoms with E-state index in [2.05, 4.69) is 5.32 Å². The van der Waals surface area contributed by atoms with Gasteiger partial charge in [0.05, 0.1) is 16.6 Å². The van der Waals surface area contributed by atoms with Crippen molar-refractivity contribution in [1.82, 2.24) is 5.32 Å². The fourth-order valence-corrected chi connectivity index (χ4v) is 3.15. The molecule has 0 bridgehead atoms. The van der Waals surface area contributed by atoms with Crippen LogP contribution in [0.1, 0.15) is 38.8 Å². The summed E-state index contributed by atoms with van der Waals surface area (Å²) in [6.07, 6.45) is 0.640. The third kappa shape index (κ3) is 4.29. The standard InChI is InChI=1S/C19H18N2O6/c22-18(14-8-15(19(23)24)10-16(9-14)21(25)26)20-11-13-6-7-27-17(13)12-4-2-1-3-5-12/h1-5,8-10,13,17H,6-7,11H2,(H,20,22)(H,23,24)/t13-,17-/m0/s1. The molecule has 2 N–H and O–H groups in total. The Morgan fingerprint density at radius 1 is 1.19 bits per heavy atom. The van der Waals surface area contributed by atoms with Gasteiger partial charge in [0.1, 0.15) is 0 Å². The summed E-state index contributed by atoms with van der Waals surface area (Å²) in [5.41, 5.74) is 0.224. The minimum Gasteiger partial charge on any atom is -0.478 e. The van der Waals surface area contributed by atoms with Crippen molar-refractivity contribution in [1.29, 1.82) is 0 Å². The van der Waals surface area contributed by atoms with Crippen molar-refractivity contribution in [2.75, 3.05) is 13.2 Å². The molecule has 1 amide bonds. The third-order valence-corrected chi connectivity index (χ3v) is 4.50. The van der Waals surface area contributed by atoms with Crippen LogP contribution in [0, 0.1) is 16.0 Å². The lowest BCUT2D eigenvalue weighted by molar-refractivity contribution is -0.384. The van der Waals surface area contributed by atoms with E-state index in [1.807, 2.05) is 30.3 Å². The van der Waals surface area contributed by atoms with Crippen molar-refractivity contribution in [2.24, 2.45) is 5.92 Å². The van der Waals surface area contributed by atoms with Crippen LogP contribution < -0.4 is 5.32 Å². The molecule has 2 aromatic rings.